The normalized spacial score (nSPS) is 16.2. The smallest absolute Gasteiger partial charge is 0.410 e. The minimum absolute atomic E-state index is 0.246. The Bertz CT molecular complexity index is 567. The number of carbonyl (C=O) groups is 1. The van der Waals surface area contributed by atoms with Crippen molar-refractivity contribution in [2.24, 2.45) is 0 Å². The standard InChI is InChI=1S/C20H32N2O5/c1-4-26-20(24)22-10-8-21(9-11-22)14-18(23)15-25-12-13-27-19-16(2)6-5-7-17(19)3/h5-7,18,23H,4,8-15H2,1-3H3/p+1/t18-/m1/s1. The lowest BCUT2D eigenvalue weighted by Crippen LogP contribution is -3.15. The van der Waals surface area contributed by atoms with E-state index in [-0.39, 0.29) is 6.09 Å². The number of aliphatic hydroxyl groups is 1. The molecule has 7 heteroatoms. The molecule has 2 rings (SSSR count). The Labute approximate surface area is 161 Å². The van der Waals surface area contributed by atoms with Crippen LogP contribution >= 0.6 is 0 Å². The number of aryl methyl sites for hydroxylation is 2. The van der Waals surface area contributed by atoms with E-state index in [4.69, 9.17) is 14.2 Å². The molecule has 0 bridgehead atoms. The zero-order chi connectivity index (χ0) is 19.6. The van der Waals surface area contributed by atoms with E-state index < -0.39 is 6.10 Å². The van der Waals surface area contributed by atoms with E-state index in [1.807, 2.05) is 39.0 Å². The maximum absolute atomic E-state index is 11.7. The molecule has 1 aromatic carbocycles. The lowest BCUT2D eigenvalue weighted by Gasteiger charge is -2.32. The van der Waals surface area contributed by atoms with Gasteiger partial charge in [0.15, 0.2) is 0 Å². The van der Waals surface area contributed by atoms with Gasteiger partial charge in [-0.1, -0.05) is 18.2 Å². The van der Waals surface area contributed by atoms with Gasteiger partial charge in [0.1, 0.15) is 25.0 Å². The highest BCUT2D eigenvalue weighted by molar-refractivity contribution is 5.67. The van der Waals surface area contributed by atoms with Crippen LogP contribution in [0.1, 0.15) is 18.1 Å². The summed E-state index contributed by atoms with van der Waals surface area (Å²) >= 11 is 0. The molecule has 1 amide bonds. The van der Waals surface area contributed by atoms with Crippen LogP contribution in [0, 0.1) is 13.8 Å². The molecule has 27 heavy (non-hydrogen) atoms. The number of aliphatic hydroxyl groups excluding tert-OH is 1. The van der Waals surface area contributed by atoms with E-state index in [0.717, 1.165) is 30.0 Å². The van der Waals surface area contributed by atoms with Crippen LogP contribution in [0.15, 0.2) is 18.2 Å². The first-order valence-corrected chi connectivity index (χ1v) is 9.71. The number of quaternary nitrogens is 1. The number of nitrogens with one attached hydrogen (secondary N) is 1. The molecule has 0 aromatic heterocycles. The first-order valence-electron chi connectivity index (χ1n) is 9.71. The van der Waals surface area contributed by atoms with E-state index in [1.54, 1.807) is 4.90 Å². The van der Waals surface area contributed by atoms with Crippen LogP contribution in [0.3, 0.4) is 0 Å². The van der Waals surface area contributed by atoms with E-state index in [1.165, 1.54) is 4.90 Å². The highest BCUT2D eigenvalue weighted by atomic mass is 16.6. The van der Waals surface area contributed by atoms with Crippen LogP contribution < -0.4 is 9.64 Å². The zero-order valence-electron chi connectivity index (χ0n) is 16.7. The second-order valence-electron chi connectivity index (χ2n) is 6.94. The summed E-state index contributed by atoms with van der Waals surface area (Å²) in [5.74, 6) is 0.908. The number of nitrogens with zero attached hydrogens (tertiary/aromatic N) is 1. The van der Waals surface area contributed by atoms with Crippen molar-refractivity contribution in [3.63, 3.8) is 0 Å². The highest BCUT2D eigenvalue weighted by Crippen LogP contribution is 2.21. The molecule has 0 aliphatic carbocycles. The molecule has 0 unspecified atom stereocenters. The Kier molecular flexibility index (Phi) is 8.84. The second kappa shape index (κ2) is 11.1. The molecular formula is C20H33N2O5+. The number of ether oxygens (including phenoxy) is 3. The average molecular weight is 381 g/mol. The highest BCUT2D eigenvalue weighted by Gasteiger charge is 2.25. The number of carbonyl (C=O) groups excluding carboxylic acids is 1. The van der Waals surface area contributed by atoms with Gasteiger partial charge in [0.25, 0.3) is 0 Å². The van der Waals surface area contributed by atoms with Gasteiger partial charge in [-0.25, -0.2) is 4.79 Å². The van der Waals surface area contributed by atoms with Crippen LogP contribution in [-0.4, -0.2) is 81.4 Å². The lowest BCUT2D eigenvalue weighted by atomic mass is 10.1. The molecule has 0 radical (unpaired) electrons. The third kappa shape index (κ3) is 7.01. The number of piperazine rings is 1. The third-order valence-corrected chi connectivity index (χ3v) is 4.71. The summed E-state index contributed by atoms with van der Waals surface area (Å²) in [4.78, 5) is 14.7. The molecular weight excluding hydrogens is 348 g/mol. The van der Waals surface area contributed by atoms with Gasteiger partial charge in [-0.15, -0.1) is 0 Å². The van der Waals surface area contributed by atoms with Crippen LogP contribution in [-0.2, 0) is 9.47 Å². The van der Waals surface area contributed by atoms with Gasteiger partial charge in [-0.05, 0) is 31.9 Å². The predicted octanol–water partition coefficient (Wildman–Crippen LogP) is 0.417. The van der Waals surface area contributed by atoms with Gasteiger partial charge < -0.3 is 24.2 Å². The van der Waals surface area contributed by atoms with Crippen LogP contribution in [0.5, 0.6) is 5.75 Å². The number of hydrogen-bond acceptors (Lipinski definition) is 5. The predicted molar refractivity (Wildman–Crippen MR) is 102 cm³/mol. The summed E-state index contributed by atoms with van der Waals surface area (Å²) in [6, 6.07) is 6.06. The quantitative estimate of drug-likeness (QED) is 0.607. The van der Waals surface area contributed by atoms with Crippen molar-refractivity contribution < 1.29 is 29.0 Å². The molecule has 1 heterocycles. The molecule has 1 aromatic rings. The van der Waals surface area contributed by atoms with Crippen molar-refractivity contribution in [1.29, 1.82) is 0 Å². The molecule has 1 fully saturated rings. The Hall–Kier alpha value is -1.83. The minimum atomic E-state index is -0.519. The molecule has 1 saturated heterocycles. The topological polar surface area (TPSA) is 72.7 Å². The number of rotatable bonds is 9. The molecule has 152 valence electrons. The lowest BCUT2D eigenvalue weighted by molar-refractivity contribution is -0.907. The number of para-hydroxylation sites is 1. The van der Waals surface area contributed by atoms with Crippen LogP contribution in [0.25, 0.3) is 0 Å². The Balaban J connectivity index is 1.58. The average Bonchev–Trinajstić information content (AvgIpc) is 2.64. The molecule has 7 nitrogen and oxygen atoms in total. The van der Waals surface area contributed by atoms with Gasteiger partial charge in [-0.3, -0.25) is 4.90 Å². The molecule has 0 saturated carbocycles. The fourth-order valence-corrected chi connectivity index (χ4v) is 3.27. The monoisotopic (exact) mass is 381 g/mol. The Morgan fingerprint density at radius 3 is 2.52 bits per heavy atom. The van der Waals surface area contributed by atoms with Gasteiger partial charge in [-0.2, -0.15) is 0 Å². The third-order valence-electron chi connectivity index (χ3n) is 4.71. The number of amides is 1. The SMILES string of the molecule is CCOC(=O)N1CC[NH+](C[C@@H](O)COCCOc2c(C)cccc2C)CC1. The van der Waals surface area contributed by atoms with Gasteiger partial charge in [0.2, 0.25) is 0 Å². The van der Waals surface area contributed by atoms with Crippen LogP contribution in [0.4, 0.5) is 4.79 Å². The summed E-state index contributed by atoms with van der Waals surface area (Å²) in [6.45, 7) is 11.0. The summed E-state index contributed by atoms with van der Waals surface area (Å²) in [6.07, 6.45) is -0.765. The largest absolute Gasteiger partial charge is 0.491 e. The zero-order valence-corrected chi connectivity index (χ0v) is 16.7. The number of benzene rings is 1. The van der Waals surface area contributed by atoms with Gasteiger partial charge in [0.05, 0.1) is 46.0 Å². The summed E-state index contributed by atoms with van der Waals surface area (Å²) in [5, 5.41) is 10.2. The van der Waals surface area contributed by atoms with Gasteiger partial charge in [0, 0.05) is 0 Å². The van der Waals surface area contributed by atoms with Crippen molar-refractivity contribution in [1.82, 2.24) is 4.90 Å². The Morgan fingerprint density at radius 1 is 1.22 bits per heavy atom. The van der Waals surface area contributed by atoms with Crippen molar-refractivity contribution in [3.8, 4) is 5.75 Å². The summed E-state index contributed by atoms with van der Waals surface area (Å²) < 4.78 is 16.4. The summed E-state index contributed by atoms with van der Waals surface area (Å²) in [5.41, 5.74) is 2.22. The molecule has 1 aliphatic heterocycles. The van der Waals surface area contributed by atoms with E-state index in [0.29, 0.717) is 46.1 Å². The van der Waals surface area contributed by atoms with Crippen molar-refractivity contribution in [2.45, 2.75) is 26.9 Å². The second-order valence-corrected chi connectivity index (χ2v) is 6.94. The molecule has 1 aliphatic rings. The summed E-state index contributed by atoms with van der Waals surface area (Å²) in [7, 11) is 0. The maximum atomic E-state index is 11.7. The van der Waals surface area contributed by atoms with Gasteiger partial charge >= 0.3 is 6.09 Å². The fraction of sp³-hybridized carbons (Fsp3) is 0.650. The first kappa shape index (κ1) is 21.5. The van der Waals surface area contributed by atoms with Crippen molar-refractivity contribution in [3.05, 3.63) is 29.3 Å². The first-order chi connectivity index (χ1) is 13.0. The van der Waals surface area contributed by atoms with Crippen molar-refractivity contribution in [2.75, 3.05) is 59.2 Å². The van der Waals surface area contributed by atoms with Crippen LogP contribution in [0.2, 0.25) is 0 Å². The van der Waals surface area contributed by atoms with E-state index in [9.17, 15) is 9.90 Å². The minimum Gasteiger partial charge on any atom is -0.491 e. The maximum Gasteiger partial charge on any atom is 0.410 e. The van der Waals surface area contributed by atoms with E-state index in [2.05, 4.69) is 0 Å². The Morgan fingerprint density at radius 2 is 1.89 bits per heavy atom. The van der Waals surface area contributed by atoms with Crippen molar-refractivity contribution >= 4 is 6.09 Å². The van der Waals surface area contributed by atoms with E-state index >= 15 is 0 Å². The molecule has 2 N–H and O–H groups in total. The molecule has 1 atom stereocenters. The molecule has 0 spiro atoms. The fourth-order valence-electron chi connectivity index (χ4n) is 3.27. The number of hydrogen-bond donors (Lipinski definition) is 2.